The molecule has 1 aromatic rings. The highest BCUT2D eigenvalue weighted by molar-refractivity contribution is 5.71. The highest BCUT2D eigenvalue weighted by atomic mass is 16.5. The molecule has 2 unspecified atom stereocenters. The first-order chi connectivity index (χ1) is 9.15. The van der Waals surface area contributed by atoms with Gasteiger partial charge in [-0.15, -0.1) is 0 Å². The molecule has 4 nitrogen and oxygen atoms in total. The predicted molar refractivity (Wildman–Crippen MR) is 71.9 cm³/mol. The number of hydrogen-bond donors (Lipinski definition) is 1. The van der Waals surface area contributed by atoms with Crippen molar-refractivity contribution in [2.24, 2.45) is 5.92 Å². The van der Waals surface area contributed by atoms with Gasteiger partial charge in [-0.1, -0.05) is 12.8 Å². The van der Waals surface area contributed by atoms with Crippen LogP contribution in [0.25, 0.3) is 0 Å². The van der Waals surface area contributed by atoms with Crippen LogP contribution in [-0.4, -0.2) is 25.3 Å². The lowest BCUT2D eigenvalue weighted by Gasteiger charge is -2.29. The smallest absolute Gasteiger partial charge is 0.307 e. The number of benzene rings is 1. The van der Waals surface area contributed by atoms with Gasteiger partial charge < -0.3 is 14.6 Å². The molecule has 2 atom stereocenters. The van der Waals surface area contributed by atoms with Crippen molar-refractivity contribution in [2.45, 2.75) is 31.6 Å². The van der Waals surface area contributed by atoms with E-state index in [0.717, 1.165) is 31.2 Å². The molecule has 2 rings (SSSR count). The Morgan fingerprint density at radius 2 is 1.68 bits per heavy atom. The summed E-state index contributed by atoms with van der Waals surface area (Å²) in [5.41, 5.74) is 1.00. The summed E-state index contributed by atoms with van der Waals surface area (Å²) in [5, 5.41) is 9.36. The summed E-state index contributed by atoms with van der Waals surface area (Å²) in [6.45, 7) is 0. The molecule has 0 bridgehead atoms. The molecule has 19 heavy (non-hydrogen) atoms. The standard InChI is InChI=1S/C15H20O4/c1-18-11-7-10(8-12(9-11)19-2)13-5-3-4-6-14(13)15(16)17/h7-9,13-14H,3-6H2,1-2H3,(H,16,17). The number of ether oxygens (including phenoxy) is 2. The molecule has 0 saturated heterocycles. The van der Waals surface area contributed by atoms with Gasteiger partial charge in [0.1, 0.15) is 11.5 Å². The van der Waals surface area contributed by atoms with Crippen LogP contribution in [0.1, 0.15) is 37.2 Å². The normalized spacial score (nSPS) is 22.8. The second kappa shape index (κ2) is 5.95. The van der Waals surface area contributed by atoms with E-state index in [2.05, 4.69) is 0 Å². The zero-order chi connectivity index (χ0) is 13.8. The summed E-state index contributed by atoms with van der Waals surface area (Å²) >= 11 is 0. The Morgan fingerprint density at radius 1 is 1.11 bits per heavy atom. The maximum atomic E-state index is 11.4. The molecule has 0 aromatic heterocycles. The fourth-order valence-corrected chi connectivity index (χ4v) is 2.87. The molecule has 1 aliphatic carbocycles. The second-order valence-electron chi connectivity index (χ2n) is 4.98. The summed E-state index contributed by atoms with van der Waals surface area (Å²) in [6.07, 6.45) is 3.73. The minimum atomic E-state index is -0.702. The zero-order valence-corrected chi connectivity index (χ0v) is 11.4. The minimum Gasteiger partial charge on any atom is -0.497 e. The average molecular weight is 264 g/mol. The number of carboxylic acid groups (broad SMARTS) is 1. The molecular formula is C15H20O4. The van der Waals surface area contributed by atoms with Crippen LogP contribution in [-0.2, 0) is 4.79 Å². The average Bonchev–Trinajstić information content (AvgIpc) is 2.46. The largest absolute Gasteiger partial charge is 0.497 e. The Balaban J connectivity index is 2.35. The first-order valence-corrected chi connectivity index (χ1v) is 6.61. The molecule has 1 fully saturated rings. The third kappa shape index (κ3) is 3.00. The van der Waals surface area contributed by atoms with Crippen LogP contribution in [0.3, 0.4) is 0 Å². The Hall–Kier alpha value is -1.71. The lowest BCUT2D eigenvalue weighted by Crippen LogP contribution is -2.25. The first kappa shape index (κ1) is 13.7. The Kier molecular flexibility index (Phi) is 4.30. The number of carboxylic acids is 1. The van der Waals surface area contributed by atoms with Crippen molar-refractivity contribution < 1.29 is 19.4 Å². The van der Waals surface area contributed by atoms with E-state index in [1.807, 2.05) is 18.2 Å². The van der Waals surface area contributed by atoms with E-state index < -0.39 is 5.97 Å². The minimum absolute atomic E-state index is 0.0512. The van der Waals surface area contributed by atoms with Crippen molar-refractivity contribution in [3.05, 3.63) is 23.8 Å². The Labute approximate surface area is 113 Å². The van der Waals surface area contributed by atoms with Gasteiger partial charge in [0.05, 0.1) is 20.1 Å². The molecule has 4 heteroatoms. The number of carbonyl (C=O) groups is 1. The van der Waals surface area contributed by atoms with Gasteiger partial charge in [0.25, 0.3) is 0 Å². The third-order valence-electron chi connectivity index (χ3n) is 3.89. The van der Waals surface area contributed by atoms with Gasteiger partial charge in [-0.05, 0) is 36.5 Å². The number of methoxy groups -OCH3 is 2. The molecule has 0 heterocycles. The molecule has 1 N–H and O–H groups in total. The van der Waals surface area contributed by atoms with Crippen LogP contribution in [0.4, 0.5) is 0 Å². The third-order valence-corrected chi connectivity index (χ3v) is 3.89. The molecular weight excluding hydrogens is 244 g/mol. The van der Waals surface area contributed by atoms with Crippen molar-refractivity contribution in [1.29, 1.82) is 0 Å². The van der Waals surface area contributed by atoms with Crippen LogP contribution in [0.5, 0.6) is 11.5 Å². The molecule has 104 valence electrons. The monoisotopic (exact) mass is 264 g/mol. The van der Waals surface area contributed by atoms with Gasteiger partial charge >= 0.3 is 5.97 Å². The van der Waals surface area contributed by atoms with Crippen molar-refractivity contribution >= 4 is 5.97 Å². The van der Waals surface area contributed by atoms with Crippen LogP contribution >= 0.6 is 0 Å². The van der Waals surface area contributed by atoms with Crippen LogP contribution in [0, 0.1) is 5.92 Å². The molecule has 0 spiro atoms. The molecule has 0 radical (unpaired) electrons. The van der Waals surface area contributed by atoms with Crippen LogP contribution in [0.2, 0.25) is 0 Å². The summed E-state index contributed by atoms with van der Waals surface area (Å²) in [4.78, 5) is 11.4. The van der Waals surface area contributed by atoms with Gasteiger partial charge in [-0.25, -0.2) is 0 Å². The number of aliphatic carboxylic acids is 1. The summed E-state index contributed by atoms with van der Waals surface area (Å²) in [5.74, 6) is 0.473. The lowest BCUT2D eigenvalue weighted by atomic mass is 9.75. The van der Waals surface area contributed by atoms with Crippen molar-refractivity contribution in [3.63, 3.8) is 0 Å². The van der Waals surface area contributed by atoms with E-state index in [4.69, 9.17) is 9.47 Å². The topological polar surface area (TPSA) is 55.8 Å². The molecule has 1 saturated carbocycles. The zero-order valence-electron chi connectivity index (χ0n) is 11.4. The number of hydrogen-bond acceptors (Lipinski definition) is 3. The molecule has 0 amide bonds. The molecule has 1 aliphatic rings. The van der Waals surface area contributed by atoms with Gasteiger partial charge in [0.15, 0.2) is 0 Å². The second-order valence-corrected chi connectivity index (χ2v) is 4.98. The van der Waals surface area contributed by atoms with E-state index in [1.165, 1.54) is 0 Å². The van der Waals surface area contributed by atoms with Crippen molar-refractivity contribution in [2.75, 3.05) is 14.2 Å². The van der Waals surface area contributed by atoms with Gasteiger partial charge in [-0.3, -0.25) is 4.79 Å². The molecule has 1 aromatic carbocycles. The molecule has 0 aliphatic heterocycles. The highest BCUT2D eigenvalue weighted by Gasteiger charge is 2.32. The maximum Gasteiger partial charge on any atom is 0.307 e. The van der Waals surface area contributed by atoms with E-state index in [-0.39, 0.29) is 11.8 Å². The Bertz CT molecular complexity index is 433. The quantitative estimate of drug-likeness (QED) is 0.908. The summed E-state index contributed by atoms with van der Waals surface area (Å²) < 4.78 is 10.5. The summed E-state index contributed by atoms with van der Waals surface area (Å²) in [7, 11) is 3.21. The Morgan fingerprint density at radius 3 is 2.21 bits per heavy atom. The van der Waals surface area contributed by atoms with E-state index in [9.17, 15) is 9.90 Å². The van der Waals surface area contributed by atoms with Gasteiger partial charge in [0.2, 0.25) is 0 Å². The van der Waals surface area contributed by atoms with Gasteiger partial charge in [-0.2, -0.15) is 0 Å². The van der Waals surface area contributed by atoms with E-state index >= 15 is 0 Å². The maximum absolute atomic E-state index is 11.4. The highest BCUT2D eigenvalue weighted by Crippen LogP contribution is 2.40. The number of rotatable bonds is 4. The van der Waals surface area contributed by atoms with E-state index in [0.29, 0.717) is 11.5 Å². The van der Waals surface area contributed by atoms with Crippen LogP contribution < -0.4 is 9.47 Å². The van der Waals surface area contributed by atoms with Crippen molar-refractivity contribution in [3.8, 4) is 11.5 Å². The van der Waals surface area contributed by atoms with Crippen LogP contribution in [0.15, 0.2) is 18.2 Å². The first-order valence-electron chi connectivity index (χ1n) is 6.61. The lowest BCUT2D eigenvalue weighted by molar-refractivity contribution is -0.143. The van der Waals surface area contributed by atoms with Crippen molar-refractivity contribution in [1.82, 2.24) is 0 Å². The predicted octanol–water partition coefficient (Wildman–Crippen LogP) is 3.06. The fourth-order valence-electron chi connectivity index (χ4n) is 2.87. The SMILES string of the molecule is COc1cc(OC)cc(C2CCCCC2C(=O)O)c1. The fraction of sp³-hybridized carbons (Fsp3) is 0.533. The van der Waals surface area contributed by atoms with Gasteiger partial charge in [0, 0.05) is 6.07 Å². The summed E-state index contributed by atoms with van der Waals surface area (Å²) in [6, 6.07) is 5.66. The van der Waals surface area contributed by atoms with E-state index in [1.54, 1.807) is 14.2 Å².